The highest BCUT2D eigenvalue weighted by Crippen LogP contribution is 2.30. The molecule has 0 atom stereocenters. The summed E-state index contributed by atoms with van der Waals surface area (Å²) in [5.41, 5.74) is 2.04. The Morgan fingerprint density at radius 2 is 1.66 bits per heavy atom. The van der Waals surface area contributed by atoms with Crippen molar-refractivity contribution in [3.8, 4) is 5.75 Å². The van der Waals surface area contributed by atoms with E-state index in [9.17, 15) is 13.2 Å². The molecule has 168 valence electrons. The number of hydrogen-bond acceptors (Lipinski definition) is 4. The quantitative estimate of drug-likeness (QED) is 0.472. The zero-order valence-corrected chi connectivity index (χ0v) is 19.8. The first-order chi connectivity index (χ1) is 15.2. The van der Waals surface area contributed by atoms with Crippen molar-refractivity contribution >= 4 is 44.8 Å². The molecule has 1 amide bonds. The number of sulfonamides is 1. The van der Waals surface area contributed by atoms with Crippen LogP contribution in [0.2, 0.25) is 10.0 Å². The number of anilines is 1. The van der Waals surface area contributed by atoms with E-state index in [4.69, 9.17) is 27.9 Å². The number of benzene rings is 3. The monoisotopic (exact) mass is 492 g/mol. The predicted molar refractivity (Wildman–Crippen MR) is 127 cm³/mol. The summed E-state index contributed by atoms with van der Waals surface area (Å²) in [5.74, 6) is -0.366. The van der Waals surface area contributed by atoms with E-state index < -0.39 is 22.5 Å². The second-order valence-corrected chi connectivity index (χ2v) is 9.84. The number of halogens is 2. The molecule has 0 aliphatic rings. The van der Waals surface area contributed by atoms with Gasteiger partial charge in [0.05, 0.1) is 13.7 Å². The first kappa shape index (κ1) is 24.1. The normalized spacial score (nSPS) is 11.4. The molecule has 6 nitrogen and oxygen atoms in total. The molecule has 0 aliphatic carbocycles. The standard InChI is InChI=1S/C23H22Cl2N2O4S/c1-16-8-9-18(24)12-20(16)26-23(28)15-27(14-17-6-4-3-5-7-17)32(29,30)22-13-19(25)10-11-21(22)31-2/h3-13H,14-15H2,1-2H3,(H,26,28). The Morgan fingerprint density at radius 1 is 1.00 bits per heavy atom. The maximum Gasteiger partial charge on any atom is 0.247 e. The lowest BCUT2D eigenvalue weighted by molar-refractivity contribution is -0.116. The Labute approximate surface area is 197 Å². The second-order valence-electron chi connectivity index (χ2n) is 7.06. The summed E-state index contributed by atoms with van der Waals surface area (Å²) >= 11 is 12.1. The smallest absolute Gasteiger partial charge is 0.247 e. The Bertz CT molecular complexity index is 1220. The molecule has 0 aliphatic heterocycles. The van der Waals surface area contributed by atoms with Crippen LogP contribution in [0.4, 0.5) is 5.69 Å². The third kappa shape index (κ3) is 5.81. The number of amides is 1. The van der Waals surface area contributed by atoms with Crippen LogP contribution < -0.4 is 10.1 Å². The molecule has 0 spiro atoms. The largest absolute Gasteiger partial charge is 0.495 e. The highest BCUT2D eigenvalue weighted by molar-refractivity contribution is 7.89. The maximum absolute atomic E-state index is 13.6. The minimum atomic E-state index is -4.13. The topological polar surface area (TPSA) is 75.7 Å². The van der Waals surface area contributed by atoms with Crippen molar-refractivity contribution in [2.45, 2.75) is 18.4 Å². The van der Waals surface area contributed by atoms with Crippen LogP contribution in [0.5, 0.6) is 5.75 Å². The lowest BCUT2D eigenvalue weighted by Gasteiger charge is -2.23. The van der Waals surface area contributed by atoms with E-state index >= 15 is 0 Å². The summed E-state index contributed by atoms with van der Waals surface area (Å²) < 4.78 is 33.5. The molecule has 0 heterocycles. The predicted octanol–water partition coefficient (Wildman–Crippen LogP) is 5.14. The van der Waals surface area contributed by atoms with Gasteiger partial charge < -0.3 is 10.1 Å². The van der Waals surface area contributed by atoms with Crippen LogP contribution >= 0.6 is 23.2 Å². The minimum Gasteiger partial charge on any atom is -0.495 e. The first-order valence-corrected chi connectivity index (χ1v) is 11.8. The number of ether oxygens (including phenoxy) is 1. The van der Waals surface area contributed by atoms with E-state index in [2.05, 4.69) is 5.32 Å². The molecule has 3 aromatic carbocycles. The molecule has 0 saturated heterocycles. The lowest BCUT2D eigenvalue weighted by atomic mass is 10.2. The number of aryl methyl sites for hydroxylation is 1. The Morgan fingerprint density at radius 3 is 2.34 bits per heavy atom. The highest BCUT2D eigenvalue weighted by atomic mass is 35.5. The average molecular weight is 493 g/mol. The van der Waals surface area contributed by atoms with Gasteiger partial charge in [-0.25, -0.2) is 8.42 Å². The molecule has 0 aromatic heterocycles. The maximum atomic E-state index is 13.6. The fourth-order valence-corrected chi connectivity index (χ4v) is 5.06. The van der Waals surface area contributed by atoms with Crippen LogP contribution in [0.3, 0.4) is 0 Å². The van der Waals surface area contributed by atoms with E-state index in [1.807, 2.05) is 13.0 Å². The third-order valence-corrected chi connectivity index (χ3v) is 7.02. The summed E-state index contributed by atoms with van der Waals surface area (Å²) in [5, 5.41) is 3.44. The highest BCUT2D eigenvalue weighted by Gasteiger charge is 2.30. The van der Waals surface area contributed by atoms with Crippen molar-refractivity contribution in [3.63, 3.8) is 0 Å². The molecule has 9 heteroatoms. The number of nitrogens with zero attached hydrogens (tertiary/aromatic N) is 1. The van der Waals surface area contributed by atoms with Crippen molar-refractivity contribution in [1.29, 1.82) is 0 Å². The van der Waals surface area contributed by atoms with Crippen LogP contribution in [-0.4, -0.2) is 32.3 Å². The molecule has 0 radical (unpaired) electrons. The Kier molecular flexibility index (Phi) is 7.79. The van der Waals surface area contributed by atoms with Crippen LogP contribution in [0.15, 0.2) is 71.6 Å². The van der Waals surface area contributed by atoms with Gasteiger partial charge in [0.15, 0.2) is 0 Å². The second kappa shape index (κ2) is 10.4. The van der Waals surface area contributed by atoms with Crippen molar-refractivity contribution in [1.82, 2.24) is 4.31 Å². The van der Waals surface area contributed by atoms with Gasteiger partial charge >= 0.3 is 0 Å². The number of carbonyl (C=O) groups is 1. The fraction of sp³-hybridized carbons (Fsp3) is 0.174. The molecular weight excluding hydrogens is 471 g/mol. The summed E-state index contributed by atoms with van der Waals surface area (Å²) in [7, 11) is -2.76. The van der Waals surface area contributed by atoms with Crippen molar-refractivity contribution in [3.05, 3.63) is 87.9 Å². The van der Waals surface area contributed by atoms with E-state index in [-0.39, 0.29) is 22.2 Å². The van der Waals surface area contributed by atoms with Gasteiger partial charge in [0, 0.05) is 22.3 Å². The lowest BCUT2D eigenvalue weighted by Crippen LogP contribution is -2.37. The molecule has 0 saturated carbocycles. The number of hydrogen-bond donors (Lipinski definition) is 1. The van der Waals surface area contributed by atoms with Gasteiger partial charge in [-0.1, -0.05) is 59.6 Å². The zero-order valence-electron chi connectivity index (χ0n) is 17.5. The molecule has 0 fully saturated rings. The van der Waals surface area contributed by atoms with Crippen molar-refractivity contribution < 1.29 is 17.9 Å². The molecule has 3 rings (SSSR count). The van der Waals surface area contributed by atoms with Gasteiger partial charge in [0.1, 0.15) is 10.6 Å². The SMILES string of the molecule is COc1ccc(Cl)cc1S(=O)(=O)N(CC(=O)Nc1cc(Cl)ccc1C)Cc1ccccc1. The van der Waals surface area contributed by atoms with Crippen molar-refractivity contribution in [2.24, 2.45) is 0 Å². The van der Waals surface area contributed by atoms with Crippen LogP contribution in [0.25, 0.3) is 0 Å². The molecule has 0 bridgehead atoms. The fourth-order valence-electron chi connectivity index (χ4n) is 3.08. The summed E-state index contributed by atoms with van der Waals surface area (Å²) in [6.45, 7) is 1.39. The molecule has 0 unspecified atom stereocenters. The molecule has 3 aromatic rings. The summed E-state index contributed by atoms with van der Waals surface area (Å²) in [6, 6.07) is 18.4. The van der Waals surface area contributed by atoms with Gasteiger partial charge in [-0.15, -0.1) is 0 Å². The van der Waals surface area contributed by atoms with E-state index in [0.717, 1.165) is 15.4 Å². The van der Waals surface area contributed by atoms with E-state index in [0.29, 0.717) is 10.7 Å². The number of rotatable bonds is 8. The number of carbonyl (C=O) groups excluding carboxylic acids is 1. The van der Waals surface area contributed by atoms with Gasteiger partial charge in [-0.3, -0.25) is 4.79 Å². The van der Waals surface area contributed by atoms with E-state index in [1.165, 1.54) is 25.3 Å². The Balaban J connectivity index is 1.96. The minimum absolute atomic E-state index is 0.0131. The summed E-state index contributed by atoms with van der Waals surface area (Å²) in [4.78, 5) is 12.7. The Hall–Kier alpha value is -2.58. The van der Waals surface area contributed by atoms with Crippen molar-refractivity contribution in [2.75, 3.05) is 19.0 Å². The zero-order chi connectivity index (χ0) is 23.3. The number of methoxy groups -OCH3 is 1. The summed E-state index contributed by atoms with van der Waals surface area (Å²) in [6.07, 6.45) is 0. The first-order valence-electron chi connectivity index (χ1n) is 9.64. The third-order valence-electron chi connectivity index (χ3n) is 4.74. The van der Waals surface area contributed by atoms with Gasteiger partial charge in [-0.05, 0) is 48.4 Å². The molecule has 1 N–H and O–H groups in total. The number of nitrogens with one attached hydrogen (secondary N) is 1. The van der Waals surface area contributed by atoms with Crippen LogP contribution in [0.1, 0.15) is 11.1 Å². The molecule has 32 heavy (non-hydrogen) atoms. The van der Waals surface area contributed by atoms with E-state index in [1.54, 1.807) is 42.5 Å². The van der Waals surface area contributed by atoms with Gasteiger partial charge in [0.25, 0.3) is 0 Å². The van der Waals surface area contributed by atoms with Crippen LogP contribution in [0, 0.1) is 6.92 Å². The van der Waals surface area contributed by atoms with Gasteiger partial charge in [0.2, 0.25) is 15.9 Å². The van der Waals surface area contributed by atoms with Gasteiger partial charge in [-0.2, -0.15) is 4.31 Å². The average Bonchev–Trinajstić information content (AvgIpc) is 2.76. The molecular formula is C23H22Cl2N2O4S. The van der Waals surface area contributed by atoms with Crippen LogP contribution in [-0.2, 0) is 21.4 Å².